The number of esters is 1. The molecule has 7 heteroatoms. The fraction of sp³-hybridized carbons (Fsp3) is 0.812. The Labute approximate surface area is 137 Å². The minimum atomic E-state index is -0.916. The Hall–Kier alpha value is -1.79. The van der Waals surface area contributed by atoms with E-state index in [1.165, 1.54) is 4.90 Å². The number of rotatable bonds is 8. The number of ether oxygens (including phenoxy) is 2. The van der Waals surface area contributed by atoms with Crippen molar-refractivity contribution in [2.45, 2.75) is 66.0 Å². The van der Waals surface area contributed by atoms with E-state index in [9.17, 15) is 14.4 Å². The van der Waals surface area contributed by atoms with Crippen LogP contribution < -0.4 is 0 Å². The number of amides is 1. The van der Waals surface area contributed by atoms with Gasteiger partial charge < -0.3 is 14.6 Å². The second-order valence-corrected chi connectivity index (χ2v) is 6.33. The van der Waals surface area contributed by atoms with Gasteiger partial charge in [0.25, 0.3) is 0 Å². The number of aliphatic carboxylic acids is 1. The van der Waals surface area contributed by atoms with Crippen LogP contribution in [0.4, 0.5) is 4.79 Å². The van der Waals surface area contributed by atoms with Crippen molar-refractivity contribution >= 4 is 18.0 Å². The maximum absolute atomic E-state index is 12.3. The van der Waals surface area contributed by atoms with Crippen LogP contribution in [0.2, 0.25) is 0 Å². The van der Waals surface area contributed by atoms with Gasteiger partial charge in [-0.05, 0) is 47.5 Å². The van der Waals surface area contributed by atoms with E-state index in [1.807, 2.05) is 0 Å². The molecule has 0 radical (unpaired) electrons. The normalized spacial score (nSPS) is 13.8. The van der Waals surface area contributed by atoms with Gasteiger partial charge in [0.05, 0.1) is 12.5 Å². The second-order valence-electron chi connectivity index (χ2n) is 6.33. The minimum Gasteiger partial charge on any atom is -0.481 e. The van der Waals surface area contributed by atoms with Crippen LogP contribution in [-0.4, -0.2) is 52.8 Å². The van der Waals surface area contributed by atoms with Gasteiger partial charge in [0.2, 0.25) is 0 Å². The molecular formula is C16H29NO6. The van der Waals surface area contributed by atoms with Gasteiger partial charge in [-0.3, -0.25) is 9.69 Å². The third-order valence-corrected chi connectivity index (χ3v) is 3.28. The summed E-state index contributed by atoms with van der Waals surface area (Å²) < 4.78 is 10.2. The fourth-order valence-corrected chi connectivity index (χ4v) is 1.95. The minimum absolute atomic E-state index is 0.111. The average Bonchev–Trinajstić information content (AvgIpc) is 2.40. The van der Waals surface area contributed by atoms with E-state index in [0.29, 0.717) is 6.42 Å². The largest absolute Gasteiger partial charge is 0.481 e. The van der Waals surface area contributed by atoms with Crippen LogP contribution in [0.5, 0.6) is 0 Å². The van der Waals surface area contributed by atoms with Crippen LogP contribution in [-0.2, 0) is 19.1 Å². The molecule has 2 unspecified atom stereocenters. The Kier molecular flexibility index (Phi) is 8.64. The van der Waals surface area contributed by atoms with Crippen LogP contribution in [0.1, 0.15) is 54.4 Å². The van der Waals surface area contributed by atoms with E-state index in [1.54, 1.807) is 41.5 Å². The number of nitrogens with zero attached hydrogens (tertiary/aromatic N) is 1. The Morgan fingerprint density at radius 3 is 2.13 bits per heavy atom. The van der Waals surface area contributed by atoms with Gasteiger partial charge in [-0.2, -0.15) is 0 Å². The third kappa shape index (κ3) is 7.85. The van der Waals surface area contributed by atoms with E-state index >= 15 is 0 Å². The maximum Gasteiger partial charge on any atom is 0.411 e. The molecule has 0 aromatic carbocycles. The topological polar surface area (TPSA) is 93.1 Å². The molecule has 1 N–H and O–H groups in total. The zero-order valence-corrected chi connectivity index (χ0v) is 14.9. The molecule has 0 aliphatic rings. The standard InChI is InChI=1S/C16H29NO6/c1-7-12(13(18)19)9-10-17(11(3)14(20)22-8-2)15(21)23-16(4,5)6/h11-12H,7-10H2,1-6H3,(H,18,19). The SMILES string of the molecule is CCOC(=O)C(C)N(CCC(CC)C(=O)O)C(=O)OC(C)(C)C. The van der Waals surface area contributed by atoms with E-state index < -0.39 is 35.6 Å². The molecule has 0 aromatic heterocycles. The highest BCUT2D eigenvalue weighted by molar-refractivity contribution is 5.81. The molecule has 0 bridgehead atoms. The molecule has 0 aliphatic heterocycles. The summed E-state index contributed by atoms with van der Waals surface area (Å²) in [6.45, 7) is 10.5. The Morgan fingerprint density at radius 1 is 1.17 bits per heavy atom. The first-order chi connectivity index (χ1) is 10.5. The van der Waals surface area contributed by atoms with E-state index in [0.717, 1.165) is 0 Å². The first-order valence-electron chi connectivity index (χ1n) is 7.92. The van der Waals surface area contributed by atoms with Crippen molar-refractivity contribution < 1.29 is 29.0 Å². The molecule has 23 heavy (non-hydrogen) atoms. The van der Waals surface area contributed by atoms with Crippen molar-refractivity contribution in [2.75, 3.05) is 13.2 Å². The van der Waals surface area contributed by atoms with Gasteiger partial charge in [0.15, 0.2) is 0 Å². The Balaban J connectivity index is 5.09. The quantitative estimate of drug-likeness (QED) is 0.687. The lowest BCUT2D eigenvalue weighted by atomic mass is 10.0. The van der Waals surface area contributed by atoms with E-state index in [-0.39, 0.29) is 19.6 Å². The number of hydrogen-bond donors (Lipinski definition) is 1. The predicted molar refractivity (Wildman–Crippen MR) is 85.1 cm³/mol. The summed E-state index contributed by atoms with van der Waals surface area (Å²) in [7, 11) is 0. The van der Waals surface area contributed by atoms with Crippen molar-refractivity contribution in [3.05, 3.63) is 0 Å². The first-order valence-corrected chi connectivity index (χ1v) is 7.92. The first kappa shape index (κ1) is 21.2. The van der Waals surface area contributed by atoms with E-state index in [4.69, 9.17) is 14.6 Å². The summed E-state index contributed by atoms with van der Waals surface area (Å²) in [4.78, 5) is 36.6. The van der Waals surface area contributed by atoms with Crippen molar-refractivity contribution in [3.63, 3.8) is 0 Å². The van der Waals surface area contributed by atoms with Gasteiger partial charge in [0.1, 0.15) is 11.6 Å². The molecule has 134 valence electrons. The summed E-state index contributed by atoms with van der Waals surface area (Å²) in [5.41, 5.74) is -0.708. The summed E-state index contributed by atoms with van der Waals surface area (Å²) in [5.74, 6) is -2.03. The summed E-state index contributed by atoms with van der Waals surface area (Å²) in [6.07, 6.45) is 0.0402. The van der Waals surface area contributed by atoms with Gasteiger partial charge >= 0.3 is 18.0 Å². The lowest BCUT2D eigenvalue weighted by molar-refractivity contribution is -0.148. The van der Waals surface area contributed by atoms with Crippen LogP contribution in [0.15, 0.2) is 0 Å². The Bertz CT molecular complexity index is 415. The van der Waals surface area contributed by atoms with Crippen molar-refractivity contribution in [1.29, 1.82) is 0 Å². The maximum atomic E-state index is 12.3. The fourth-order valence-electron chi connectivity index (χ4n) is 1.95. The molecule has 7 nitrogen and oxygen atoms in total. The zero-order chi connectivity index (χ0) is 18.2. The van der Waals surface area contributed by atoms with Crippen LogP contribution in [0.25, 0.3) is 0 Å². The van der Waals surface area contributed by atoms with E-state index in [2.05, 4.69) is 0 Å². The third-order valence-electron chi connectivity index (χ3n) is 3.28. The summed E-state index contributed by atoms with van der Waals surface area (Å²) in [5, 5.41) is 9.12. The Morgan fingerprint density at radius 2 is 1.74 bits per heavy atom. The molecular weight excluding hydrogens is 302 g/mol. The molecule has 1 amide bonds. The summed E-state index contributed by atoms with van der Waals surface area (Å²) in [6, 6.07) is -0.837. The number of carboxylic acid groups (broad SMARTS) is 1. The van der Waals surface area contributed by atoms with Crippen molar-refractivity contribution in [3.8, 4) is 0 Å². The molecule has 0 fully saturated rings. The second kappa shape index (κ2) is 9.37. The van der Waals surface area contributed by atoms with Gasteiger partial charge in [-0.15, -0.1) is 0 Å². The van der Waals surface area contributed by atoms with Crippen LogP contribution in [0, 0.1) is 5.92 Å². The zero-order valence-electron chi connectivity index (χ0n) is 14.9. The molecule has 0 saturated heterocycles. The molecule has 0 spiro atoms. The molecule has 0 rings (SSSR count). The lowest BCUT2D eigenvalue weighted by Gasteiger charge is -2.31. The van der Waals surface area contributed by atoms with Gasteiger partial charge in [0, 0.05) is 6.54 Å². The van der Waals surface area contributed by atoms with Crippen molar-refractivity contribution in [2.24, 2.45) is 5.92 Å². The average molecular weight is 331 g/mol. The molecule has 0 aliphatic carbocycles. The smallest absolute Gasteiger partial charge is 0.411 e. The lowest BCUT2D eigenvalue weighted by Crippen LogP contribution is -2.47. The molecule has 0 aromatic rings. The predicted octanol–water partition coefficient (Wildman–Crippen LogP) is 2.68. The number of carbonyl (C=O) groups excluding carboxylic acids is 2. The highest BCUT2D eigenvalue weighted by atomic mass is 16.6. The summed E-state index contributed by atoms with van der Waals surface area (Å²) >= 11 is 0. The van der Waals surface area contributed by atoms with Crippen LogP contribution in [0.3, 0.4) is 0 Å². The number of carbonyl (C=O) groups is 3. The molecule has 0 heterocycles. The van der Waals surface area contributed by atoms with Gasteiger partial charge in [-0.25, -0.2) is 9.59 Å². The molecule has 2 atom stereocenters. The number of carboxylic acids is 1. The highest BCUT2D eigenvalue weighted by Crippen LogP contribution is 2.16. The monoisotopic (exact) mass is 331 g/mol. The van der Waals surface area contributed by atoms with Gasteiger partial charge in [-0.1, -0.05) is 6.92 Å². The highest BCUT2D eigenvalue weighted by Gasteiger charge is 2.31. The van der Waals surface area contributed by atoms with Crippen molar-refractivity contribution in [1.82, 2.24) is 4.90 Å². The number of hydrogen-bond acceptors (Lipinski definition) is 5. The van der Waals surface area contributed by atoms with Crippen LogP contribution >= 0.6 is 0 Å². The molecule has 0 saturated carbocycles.